The number of aryl methyl sites for hydroxylation is 1. The van der Waals surface area contributed by atoms with Crippen LogP contribution in [0.1, 0.15) is 54.4 Å². The van der Waals surface area contributed by atoms with Crippen molar-refractivity contribution in [3.05, 3.63) is 77.6 Å². The Balaban J connectivity index is 1.39. The monoisotopic (exact) mass is 486 g/mol. The molecule has 0 spiro atoms. The van der Waals surface area contributed by atoms with Gasteiger partial charge in [-0.2, -0.15) is 0 Å². The number of nitrogens with zero attached hydrogens (tertiary/aromatic N) is 2. The van der Waals surface area contributed by atoms with Crippen LogP contribution in [0.5, 0.6) is 0 Å². The average Bonchev–Trinajstić information content (AvgIpc) is 3.35. The van der Waals surface area contributed by atoms with Crippen LogP contribution in [0.3, 0.4) is 0 Å². The highest BCUT2D eigenvalue weighted by Gasteiger charge is 2.34. The van der Waals surface area contributed by atoms with Gasteiger partial charge < -0.3 is 20.6 Å². The Bertz CT molecular complexity index is 1270. The summed E-state index contributed by atoms with van der Waals surface area (Å²) in [4.78, 5) is 42.7. The van der Waals surface area contributed by atoms with Gasteiger partial charge in [-0.05, 0) is 67.1 Å². The Kier molecular flexibility index (Phi) is 7.33. The minimum atomic E-state index is -1.07. The minimum absolute atomic E-state index is 0.00198. The Morgan fingerprint density at radius 1 is 0.944 bits per heavy atom. The van der Waals surface area contributed by atoms with Crippen LogP contribution in [0.25, 0.3) is 11.1 Å². The molecule has 186 valence electrons. The summed E-state index contributed by atoms with van der Waals surface area (Å²) in [5, 5.41) is 14.9. The van der Waals surface area contributed by atoms with Crippen LogP contribution in [0, 0.1) is 6.92 Å². The molecule has 3 N–H and O–H groups in total. The van der Waals surface area contributed by atoms with Gasteiger partial charge in [0.15, 0.2) is 0 Å². The van der Waals surface area contributed by atoms with Crippen molar-refractivity contribution in [2.45, 2.75) is 45.6 Å². The van der Waals surface area contributed by atoms with Crippen LogP contribution in [0.15, 0.2) is 60.7 Å². The van der Waals surface area contributed by atoms with E-state index in [9.17, 15) is 14.4 Å². The van der Waals surface area contributed by atoms with Gasteiger partial charge in [0, 0.05) is 29.2 Å². The van der Waals surface area contributed by atoms with Crippen molar-refractivity contribution in [2.24, 2.45) is 0 Å². The van der Waals surface area contributed by atoms with Crippen LogP contribution in [-0.2, 0) is 4.79 Å². The highest BCUT2D eigenvalue weighted by atomic mass is 16.4. The number of aromatic carboxylic acids is 1. The van der Waals surface area contributed by atoms with Crippen molar-refractivity contribution >= 4 is 29.3 Å². The molecule has 3 aromatic rings. The van der Waals surface area contributed by atoms with E-state index in [0.717, 1.165) is 17.5 Å². The Morgan fingerprint density at radius 2 is 1.58 bits per heavy atom. The zero-order valence-electron chi connectivity index (χ0n) is 20.6. The van der Waals surface area contributed by atoms with Gasteiger partial charge in [-0.15, -0.1) is 0 Å². The van der Waals surface area contributed by atoms with Gasteiger partial charge in [-0.1, -0.05) is 44.2 Å². The highest BCUT2D eigenvalue weighted by molar-refractivity contribution is 5.99. The number of carboxylic acids is 1. The molecule has 2 aromatic carbocycles. The predicted molar refractivity (Wildman–Crippen MR) is 139 cm³/mol. The second kappa shape index (κ2) is 10.6. The fourth-order valence-electron chi connectivity index (χ4n) is 4.37. The molecule has 0 aliphatic carbocycles. The molecule has 1 saturated heterocycles. The molecule has 8 nitrogen and oxygen atoms in total. The van der Waals surface area contributed by atoms with Gasteiger partial charge in [-0.3, -0.25) is 4.79 Å². The fourth-order valence-corrected chi connectivity index (χ4v) is 4.37. The molecule has 1 aromatic heterocycles. The maximum Gasteiger partial charge on any atom is 0.354 e. The molecule has 4 rings (SSSR count). The maximum atomic E-state index is 13.0. The van der Waals surface area contributed by atoms with E-state index in [-0.39, 0.29) is 17.6 Å². The van der Waals surface area contributed by atoms with Crippen molar-refractivity contribution in [3.8, 4) is 11.1 Å². The Labute approximate surface area is 210 Å². The average molecular weight is 487 g/mol. The second-order valence-electron chi connectivity index (χ2n) is 9.26. The number of pyridine rings is 1. The van der Waals surface area contributed by atoms with Gasteiger partial charge in [0.1, 0.15) is 11.7 Å². The minimum Gasteiger partial charge on any atom is -0.477 e. The van der Waals surface area contributed by atoms with Gasteiger partial charge in [-0.25, -0.2) is 14.6 Å². The standard InChI is InChI=1S/C28H30N4O4/c1-17(2)19-6-10-22(11-7-19)31-28(36)32-16-4-5-25(32)26(33)30-21-12-8-20(9-13-21)23-14-15-24(27(34)35)29-18(23)3/h6-15,17,25H,4-5,16H2,1-3H3,(H,30,33)(H,31,36)(H,34,35)/t25-/m0/s1. The number of carbonyl (C=O) groups is 3. The molecule has 0 saturated carbocycles. The summed E-state index contributed by atoms with van der Waals surface area (Å²) in [6.07, 6.45) is 1.36. The van der Waals surface area contributed by atoms with Crippen LogP contribution in [-0.4, -0.2) is 45.5 Å². The molecule has 0 bridgehead atoms. The summed E-state index contributed by atoms with van der Waals surface area (Å²) in [7, 11) is 0. The third-order valence-corrected chi connectivity index (χ3v) is 6.41. The molecule has 1 atom stereocenters. The fraction of sp³-hybridized carbons (Fsp3) is 0.286. The smallest absolute Gasteiger partial charge is 0.354 e. The van der Waals surface area contributed by atoms with Crippen molar-refractivity contribution in [1.82, 2.24) is 9.88 Å². The largest absolute Gasteiger partial charge is 0.477 e. The van der Waals surface area contributed by atoms with E-state index < -0.39 is 12.0 Å². The van der Waals surface area contributed by atoms with Crippen LogP contribution >= 0.6 is 0 Å². The molecule has 1 fully saturated rings. The topological polar surface area (TPSA) is 112 Å². The molecule has 36 heavy (non-hydrogen) atoms. The number of hydrogen-bond acceptors (Lipinski definition) is 4. The number of aromatic nitrogens is 1. The lowest BCUT2D eigenvalue weighted by Crippen LogP contribution is -2.45. The molecule has 1 aliphatic rings. The zero-order chi connectivity index (χ0) is 25.8. The van der Waals surface area contributed by atoms with E-state index in [1.807, 2.05) is 36.4 Å². The Morgan fingerprint density at radius 3 is 2.19 bits per heavy atom. The van der Waals surface area contributed by atoms with Crippen molar-refractivity contribution in [1.29, 1.82) is 0 Å². The number of anilines is 2. The molecular weight excluding hydrogens is 456 g/mol. The summed E-state index contributed by atoms with van der Waals surface area (Å²) in [6, 6.07) is 17.4. The predicted octanol–water partition coefficient (Wildman–Crippen LogP) is 5.51. The lowest BCUT2D eigenvalue weighted by molar-refractivity contribution is -0.119. The summed E-state index contributed by atoms with van der Waals surface area (Å²) in [6.45, 7) is 6.51. The van der Waals surface area contributed by atoms with E-state index in [0.29, 0.717) is 36.0 Å². The zero-order valence-corrected chi connectivity index (χ0v) is 20.6. The lowest BCUT2D eigenvalue weighted by atomic mass is 10.0. The molecule has 8 heteroatoms. The summed E-state index contributed by atoms with van der Waals surface area (Å²) in [5.41, 5.74) is 4.80. The molecule has 0 unspecified atom stereocenters. The van der Waals surface area contributed by atoms with Crippen LogP contribution in [0.2, 0.25) is 0 Å². The molecule has 0 radical (unpaired) electrons. The number of likely N-dealkylation sites (tertiary alicyclic amines) is 1. The normalized spacial score (nSPS) is 15.1. The summed E-state index contributed by atoms with van der Waals surface area (Å²) >= 11 is 0. The molecule has 1 aliphatic heterocycles. The SMILES string of the molecule is Cc1nc(C(=O)O)ccc1-c1ccc(NC(=O)[C@@H]2CCCN2C(=O)Nc2ccc(C(C)C)cc2)cc1. The van der Waals surface area contributed by atoms with Gasteiger partial charge in [0.2, 0.25) is 5.91 Å². The van der Waals surface area contributed by atoms with E-state index in [2.05, 4.69) is 29.5 Å². The first kappa shape index (κ1) is 24.9. The first-order valence-electron chi connectivity index (χ1n) is 12.0. The van der Waals surface area contributed by atoms with Crippen molar-refractivity contribution in [3.63, 3.8) is 0 Å². The second-order valence-corrected chi connectivity index (χ2v) is 9.26. The Hall–Kier alpha value is -4.20. The first-order valence-corrected chi connectivity index (χ1v) is 12.0. The molecule has 3 amide bonds. The number of benzene rings is 2. The number of rotatable bonds is 6. The molecular formula is C28H30N4O4. The maximum absolute atomic E-state index is 13.0. The number of nitrogens with one attached hydrogen (secondary N) is 2. The van der Waals surface area contributed by atoms with Gasteiger partial charge in [0.05, 0.1) is 0 Å². The quantitative estimate of drug-likeness (QED) is 0.425. The van der Waals surface area contributed by atoms with Crippen LogP contribution < -0.4 is 10.6 Å². The van der Waals surface area contributed by atoms with Crippen LogP contribution in [0.4, 0.5) is 16.2 Å². The third kappa shape index (κ3) is 5.54. The number of carbonyl (C=O) groups excluding carboxylic acids is 2. The summed E-state index contributed by atoms with van der Waals surface area (Å²) in [5.74, 6) is -0.885. The highest BCUT2D eigenvalue weighted by Crippen LogP contribution is 2.26. The number of amides is 3. The van der Waals surface area contributed by atoms with Crippen molar-refractivity contribution in [2.75, 3.05) is 17.2 Å². The van der Waals surface area contributed by atoms with Gasteiger partial charge in [0.25, 0.3) is 0 Å². The molecule has 2 heterocycles. The van der Waals surface area contributed by atoms with Gasteiger partial charge >= 0.3 is 12.0 Å². The van der Waals surface area contributed by atoms with Crippen molar-refractivity contribution < 1.29 is 19.5 Å². The van der Waals surface area contributed by atoms with E-state index in [4.69, 9.17) is 5.11 Å². The first-order chi connectivity index (χ1) is 17.2. The van der Waals surface area contributed by atoms with E-state index >= 15 is 0 Å². The van der Waals surface area contributed by atoms with E-state index in [1.165, 1.54) is 11.6 Å². The third-order valence-electron chi connectivity index (χ3n) is 6.41. The summed E-state index contributed by atoms with van der Waals surface area (Å²) < 4.78 is 0. The lowest BCUT2D eigenvalue weighted by Gasteiger charge is -2.24. The van der Waals surface area contributed by atoms with E-state index in [1.54, 1.807) is 30.0 Å². The number of urea groups is 1. The number of carboxylic acid groups (broad SMARTS) is 1. The number of hydrogen-bond donors (Lipinski definition) is 3.